The van der Waals surface area contributed by atoms with Crippen LogP contribution in [0.5, 0.6) is 0 Å². The van der Waals surface area contributed by atoms with Gasteiger partial charge in [-0.3, -0.25) is 0 Å². The SMILES string of the molecule is C1=C/C=C/OCCC=C1. The molecule has 1 nitrogen and oxygen atoms in total. The average molecular weight is 122 g/mol. The van der Waals surface area contributed by atoms with E-state index in [1.807, 2.05) is 24.3 Å². The Bertz CT molecular complexity index is 127. The van der Waals surface area contributed by atoms with Gasteiger partial charge in [-0.25, -0.2) is 0 Å². The molecule has 0 unspecified atom stereocenters. The summed E-state index contributed by atoms with van der Waals surface area (Å²) in [6.07, 6.45) is 12.6. The Kier molecular flexibility index (Phi) is 2.70. The highest BCUT2D eigenvalue weighted by Gasteiger charge is 1.78. The summed E-state index contributed by atoms with van der Waals surface area (Å²) in [5.41, 5.74) is 0. The second-order valence-corrected chi connectivity index (χ2v) is 1.80. The van der Waals surface area contributed by atoms with Crippen molar-refractivity contribution in [3.63, 3.8) is 0 Å². The van der Waals surface area contributed by atoms with Gasteiger partial charge >= 0.3 is 0 Å². The lowest BCUT2D eigenvalue weighted by molar-refractivity contribution is 0.256. The summed E-state index contributed by atoms with van der Waals surface area (Å²) in [7, 11) is 0. The van der Waals surface area contributed by atoms with Crippen LogP contribution in [-0.2, 0) is 4.74 Å². The van der Waals surface area contributed by atoms with Crippen LogP contribution in [0.4, 0.5) is 0 Å². The molecular weight excluding hydrogens is 112 g/mol. The summed E-state index contributed by atoms with van der Waals surface area (Å²) in [5.74, 6) is 0. The first-order valence-corrected chi connectivity index (χ1v) is 3.10. The molecule has 0 fully saturated rings. The minimum Gasteiger partial charge on any atom is -0.501 e. The van der Waals surface area contributed by atoms with Crippen LogP contribution in [0, 0.1) is 0 Å². The lowest BCUT2D eigenvalue weighted by atomic mass is 10.4. The number of allylic oxidation sites excluding steroid dienone is 4. The molecule has 0 amide bonds. The number of hydrogen-bond acceptors (Lipinski definition) is 1. The molecule has 0 spiro atoms. The fourth-order valence-electron chi connectivity index (χ4n) is 0.608. The molecule has 0 bridgehead atoms. The average Bonchev–Trinajstić information content (AvgIpc) is 2.00. The maximum absolute atomic E-state index is 5.07. The molecule has 0 aromatic rings. The molecular formula is C8H10O. The first-order valence-electron chi connectivity index (χ1n) is 3.10. The van der Waals surface area contributed by atoms with E-state index in [4.69, 9.17) is 4.74 Å². The van der Waals surface area contributed by atoms with Crippen molar-refractivity contribution in [2.45, 2.75) is 6.42 Å². The normalized spacial score (nSPS) is 21.3. The monoisotopic (exact) mass is 122 g/mol. The Hall–Kier alpha value is -0.980. The van der Waals surface area contributed by atoms with Crippen LogP contribution in [0.3, 0.4) is 0 Å². The second kappa shape index (κ2) is 3.96. The molecule has 0 aromatic carbocycles. The molecule has 0 saturated carbocycles. The third kappa shape index (κ3) is 2.75. The molecule has 0 saturated heterocycles. The maximum Gasteiger partial charge on any atom is 0.0907 e. The zero-order chi connectivity index (χ0) is 6.36. The molecule has 48 valence electrons. The van der Waals surface area contributed by atoms with Crippen molar-refractivity contribution < 1.29 is 4.74 Å². The van der Waals surface area contributed by atoms with E-state index in [0.717, 1.165) is 13.0 Å². The minimum absolute atomic E-state index is 0.786. The summed E-state index contributed by atoms with van der Waals surface area (Å²) in [5, 5.41) is 0. The Labute approximate surface area is 55.3 Å². The van der Waals surface area contributed by atoms with Crippen LogP contribution in [0.2, 0.25) is 0 Å². The van der Waals surface area contributed by atoms with Crippen molar-refractivity contribution in [1.29, 1.82) is 0 Å². The van der Waals surface area contributed by atoms with Crippen molar-refractivity contribution in [2.75, 3.05) is 6.61 Å². The fraction of sp³-hybridized carbons (Fsp3) is 0.250. The van der Waals surface area contributed by atoms with Crippen LogP contribution < -0.4 is 0 Å². The number of hydrogen-bond donors (Lipinski definition) is 0. The summed E-state index contributed by atoms with van der Waals surface area (Å²) in [6.45, 7) is 0.786. The molecule has 0 radical (unpaired) electrons. The van der Waals surface area contributed by atoms with Gasteiger partial charge in [-0.1, -0.05) is 24.3 Å². The van der Waals surface area contributed by atoms with Crippen LogP contribution in [0.25, 0.3) is 0 Å². The third-order valence-corrected chi connectivity index (χ3v) is 1.05. The summed E-state index contributed by atoms with van der Waals surface area (Å²) in [4.78, 5) is 0. The first-order chi connectivity index (χ1) is 4.50. The van der Waals surface area contributed by atoms with E-state index in [0.29, 0.717) is 0 Å². The molecule has 1 rings (SSSR count). The zero-order valence-electron chi connectivity index (χ0n) is 5.29. The standard InChI is InChI=1S/C8H10O/c1-2-4-6-8-9-7-5-3-1/h1-5,7H,6,8H2/b3-1?,4-2?,7-5+. The van der Waals surface area contributed by atoms with E-state index in [1.165, 1.54) is 0 Å². The third-order valence-electron chi connectivity index (χ3n) is 1.05. The van der Waals surface area contributed by atoms with Crippen molar-refractivity contribution in [3.05, 3.63) is 36.6 Å². The van der Waals surface area contributed by atoms with Gasteiger partial charge in [0.2, 0.25) is 0 Å². The number of rotatable bonds is 0. The molecule has 1 aliphatic heterocycles. The van der Waals surface area contributed by atoms with Crippen molar-refractivity contribution in [2.24, 2.45) is 0 Å². The van der Waals surface area contributed by atoms with Crippen LogP contribution in [0.1, 0.15) is 6.42 Å². The molecule has 1 aliphatic rings. The van der Waals surface area contributed by atoms with Gasteiger partial charge in [-0.2, -0.15) is 0 Å². The van der Waals surface area contributed by atoms with E-state index in [9.17, 15) is 0 Å². The second-order valence-electron chi connectivity index (χ2n) is 1.80. The minimum atomic E-state index is 0.786. The molecule has 0 aromatic heterocycles. The van der Waals surface area contributed by atoms with Gasteiger partial charge in [0, 0.05) is 0 Å². The first kappa shape index (κ1) is 6.14. The smallest absolute Gasteiger partial charge is 0.0907 e. The van der Waals surface area contributed by atoms with Crippen LogP contribution >= 0.6 is 0 Å². The topological polar surface area (TPSA) is 9.23 Å². The lowest BCUT2D eigenvalue weighted by Gasteiger charge is -1.92. The molecule has 0 atom stereocenters. The van der Waals surface area contributed by atoms with E-state index < -0.39 is 0 Å². The van der Waals surface area contributed by atoms with Crippen molar-refractivity contribution in [3.8, 4) is 0 Å². The molecule has 0 N–H and O–H groups in total. The van der Waals surface area contributed by atoms with Crippen LogP contribution in [-0.4, -0.2) is 6.61 Å². The molecule has 9 heavy (non-hydrogen) atoms. The van der Waals surface area contributed by atoms with E-state index in [1.54, 1.807) is 6.26 Å². The highest BCUT2D eigenvalue weighted by atomic mass is 16.5. The largest absolute Gasteiger partial charge is 0.501 e. The van der Waals surface area contributed by atoms with Gasteiger partial charge < -0.3 is 4.74 Å². The van der Waals surface area contributed by atoms with Gasteiger partial charge in [0.15, 0.2) is 0 Å². The Morgan fingerprint density at radius 3 is 2.89 bits per heavy atom. The maximum atomic E-state index is 5.07. The molecule has 1 heteroatoms. The summed E-state index contributed by atoms with van der Waals surface area (Å²) in [6, 6.07) is 0. The summed E-state index contributed by atoms with van der Waals surface area (Å²) >= 11 is 0. The van der Waals surface area contributed by atoms with Gasteiger partial charge in [-0.05, 0) is 12.5 Å². The van der Waals surface area contributed by atoms with E-state index in [2.05, 4.69) is 6.08 Å². The predicted octanol–water partition coefficient (Wildman–Crippen LogP) is 2.03. The zero-order valence-corrected chi connectivity index (χ0v) is 5.29. The lowest BCUT2D eigenvalue weighted by Crippen LogP contribution is -1.81. The Morgan fingerprint density at radius 2 is 1.89 bits per heavy atom. The van der Waals surface area contributed by atoms with Crippen molar-refractivity contribution in [1.82, 2.24) is 0 Å². The van der Waals surface area contributed by atoms with Gasteiger partial charge in [0.1, 0.15) is 0 Å². The summed E-state index contributed by atoms with van der Waals surface area (Å²) < 4.78 is 5.07. The highest BCUT2D eigenvalue weighted by molar-refractivity contribution is 5.10. The number of ether oxygens (including phenoxy) is 1. The fourth-order valence-corrected chi connectivity index (χ4v) is 0.608. The van der Waals surface area contributed by atoms with Gasteiger partial charge in [0.05, 0.1) is 12.9 Å². The van der Waals surface area contributed by atoms with Crippen molar-refractivity contribution >= 4 is 0 Å². The predicted molar refractivity (Wildman–Crippen MR) is 38.0 cm³/mol. The van der Waals surface area contributed by atoms with E-state index >= 15 is 0 Å². The molecule has 1 heterocycles. The van der Waals surface area contributed by atoms with E-state index in [-0.39, 0.29) is 0 Å². The van der Waals surface area contributed by atoms with Crippen LogP contribution in [0.15, 0.2) is 36.6 Å². The highest BCUT2D eigenvalue weighted by Crippen LogP contribution is 1.91. The molecule has 0 aliphatic carbocycles. The Morgan fingerprint density at radius 1 is 1.00 bits per heavy atom. The van der Waals surface area contributed by atoms with Gasteiger partial charge in [0.25, 0.3) is 0 Å². The van der Waals surface area contributed by atoms with Gasteiger partial charge in [-0.15, -0.1) is 0 Å². The quantitative estimate of drug-likeness (QED) is 0.477. The Balaban J connectivity index is 2.45.